The third-order valence-electron chi connectivity index (χ3n) is 3.86. The van der Waals surface area contributed by atoms with Crippen molar-refractivity contribution in [3.05, 3.63) is 23.7 Å². The fourth-order valence-electron chi connectivity index (χ4n) is 2.73. The van der Waals surface area contributed by atoms with Crippen LogP contribution in [0.25, 0.3) is 11.2 Å². The van der Waals surface area contributed by atoms with Gasteiger partial charge in [0.2, 0.25) is 0 Å². The van der Waals surface area contributed by atoms with Crippen LogP contribution in [0.5, 0.6) is 0 Å². The van der Waals surface area contributed by atoms with Crippen LogP contribution in [0, 0.1) is 6.92 Å². The smallest absolute Gasteiger partial charge is 0.160 e. The highest BCUT2D eigenvalue weighted by Gasteiger charge is 2.14. The van der Waals surface area contributed by atoms with E-state index < -0.39 is 0 Å². The molecular weight excluding hydrogens is 304 g/mol. The Morgan fingerprint density at radius 2 is 2.10 bits per heavy atom. The van der Waals surface area contributed by atoms with Crippen molar-refractivity contribution >= 4 is 34.5 Å². The average molecular weight is 325 g/mol. The molecule has 2 aromatic rings. The Hall–Kier alpha value is -0.780. The zero-order valence-electron chi connectivity index (χ0n) is 12.4. The van der Waals surface area contributed by atoms with Crippen LogP contribution in [0.2, 0.25) is 0 Å². The van der Waals surface area contributed by atoms with Gasteiger partial charge in [0.1, 0.15) is 11.3 Å². The van der Waals surface area contributed by atoms with E-state index in [2.05, 4.69) is 27.4 Å². The van der Waals surface area contributed by atoms with E-state index in [9.17, 15) is 0 Å². The van der Waals surface area contributed by atoms with Gasteiger partial charge >= 0.3 is 0 Å². The van der Waals surface area contributed by atoms with Gasteiger partial charge in [0.25, 0.3) is 0 Å². The maximum atomic E-state index is 5.93. The topological polar surface area (TPSA) is 34.0 Å². The molecule has 1 fully saturated rings. The fourth-order valence-corrected chi connectivity index (χ4v) is 3.88. The number of pyridine rings is 1. The van der Waals surface area contributed by atoms with Gasteiger partial charge in [-0.15, -0.1) is 11.6 Å². The summed E-state index contributed by atoms with van der Waals surface area (Å²) in [6.45, 7) is 6.45. The minimum Gasteiger partial charge on any atom is -0.311 e. The minimum atomic E-state index is 0.600. The molecule has 3 rings (SSSR count). The van der Waals surface area contributed by atoms with Crippen molar-refractivity contribution in [3.63, 3.8) is 0 Å². The van der Waals surface area contributed by atoms with Gasteiger partial charge < -0.3 is 4.57 Å². The van der Waals surface area contributed by atoms with Crippen LogP contribution >= 0.6 is 23.4 Å². The van der Waals surface area contributed by atoms with Crippen LogP contribution in [-0.2, 0) is 13.0 Å². The maximum absolute atomic E-state index is 5.93. The van der Waals surface area contributed by atoms with Gasteiger partial charge in [-0.1, -0.05) is 0 Å². The predicted octanol–water partition coefficient (Wildman–Crippen LogP) is 2.57. The first-order valence-corrected chi connectivity index (χ1v) is 9.14. The SMILES string of the molecule is Cc1cnc2c(c1)nc(CCCl)n2CCN1CCSCC1. The van der Waals surface area contributed by atoms with E-state index in [1.807, 2.05) is 18.0 Å². The molecule has 0 saturated carbocycles. The van der Waals surface area contributed by atoms with Gasteiger partial charge in [0.05, 0.1) is 0 Å². The number of aryl methyl sites for hydroxylation is 2. The Bertz CT molecular complexity index is 607. The molecule has 0 spiro atoms. The molecule has 0 amide bonds. The Morgan fingerprint density at radius 1 is 1.29 bits per heavy atom. The second-order valence-corrected chi connectivity index (χ2v) is 7.03. The molecule has 1 aliphatic rings. The number of halogens is 1. The molecule has 21 heavy (non-hydrogen) atoms. The van der Waals surface area contributed by atoms with Crippen LogP contribution in [0.1, 0.15) is 11.4 Å². The molecule has 6 heteroatoms. The van der Waals surface area contributed by atoms with Crippen LogP contribution in [0.4, 0.5) is 0 Å². The van der Waals surface area contributed by atoms with E-state index in [-0.39, 0.29) is 0 Å². The Balaban J connectivity index is 1.82. The monoisotopic (exact) mass is 324 g/mol. The quantitative estimate of drug-likeness (QED) is 0.792. The summed E-state index contributed by atoms with van der Waals surface area (Å²) in [4.78, 5) is 11.8. The first-order valence-electron chi connectivity index (χ1n) is 7.46. The van der Waals surface area contributed by atoms with Crippen molar-refractivity contribution < 1.29 is 0 Å². The van der Waals surface area contributed by atoms with Gasteiger partial charge in [-0.2, -0.15) is 11.8 Å². The maximum Gasteiger partial charge on any atom is 0.160 e. The molecule has 114 valence electrons. The van der Waals surface area contributed by atoms with E-state index in [1.165, 1.54) is 24.6 Å². The number of aromatic nitrogens is 3. The molecule has 1 aliphatic heterocycles. The Morgan fingerprint density at radius 3 is 2.86 bits per heavy atom. The molecule has 0 atom stereocenters. The first-order chi connectivity index (χ1) is 10.3. The minimum absolute atomic E-state index is 0.600. The summed E-state index contributed by atoms with van der Waals surface area (Å²) in [6.07, 6.45) is 2.72. The van der Waals surface area contributed by atoms with E-state index in [4.69, 9.17) is 16.6 Å². The van der Waals surface area contributed by atoms with Crippen LogP contribution < -0.4 is 0 Å². The average Bonchev–Trinajstić information content (AvgIpc) is 2.83. The zero-order valence-corrected chi connectivity index (χ0v) is 14.0. The van der Waals surface area contributed by atoms with Crippen molar-refractivity contribution in [1.29, 1.82) is 0 Å². The summed E-state index contributed by atoms with van der Waals surface area (Å²) >= 11 is 7.98. The molecule has 3 heterocycles. The molecule has 0 radical (unpaired) electrons. The third-order valence-corrected chi connectivity index (χ3v) is 4.99. The number of fused-ring (bicyclic) bond motifs is 1. The highest BCUT2D eigenvalue weighted by molar-refractivity contribution is 7.99. The normalized spacial score (nSPS) is 16.7. The number of imidazole rings is 1. The molecule has 4 nitrogen and oxygen atoms in total. The molecule has 1 saturated heterocycles. The summed E-state index contributed by atoms with van der Waals surface area (Å²) < 4.78 is 2.25. The van der Waals surface area contributed by atoms with Crippen LogP contribution in [-0.4, -0.2) is 56.5 Å². The lowest BCUT2D eigenvalue weighted by Crippen LogP contribution is -2.35. The molecule has 0 aromatic carbocycles. The summed E-state index contributed by atoms with van der Waals surface area (Å²) in [5.74, 6) is 4.15. The highest BCUT2D eigenvalue weighted by Crippen LogP contribution is 2.17. The zero-order chi connectivity index (χ0) is 14.7. The Labute approximate surface area is 134 Å². The molecule has 0 aliphatic carbocycles. The van der Waals surface area contributed by atoms with Crippen molar-refractivity contribution in [1.82, 2.24) is 19.4 Å². The summed E-state index contributed by atoms with van der Waals surface area (Å²) in [5.41, 5.74) is 3.13. The number of hydrogen-bond donors (Lipinski definition) is 0. The Kier molecular flexibility index (Phi) is 5.03. The van der Waals surface area contributed by atoms with Crippen molar-refractivity contribution in [2.45, 2.75) is 19.9 Å². The molecule has 0 N–H and O–H groups in total. The molecule has 0 unspecified atom stereocenters. The van der Waals surface area contributed by atoms with Crippen molar-refractivity contribution in [2.75, 3.05) is 37.0 Å². The standard InChI is InChI=1S/C15H21ClN4S/c1-12-10-13-15(17-11-12)20(14(18-13)2-3-16)5-4-19-6-8-21-9-7-19/h10-11H,2-9H2,1H3. The van der Waals surface area contributed by atoms with Gasteiger partial charge in [0.15, 0.2) is 5.65 Å². The number of thioether (sulfide) groups is 1. The summed E-state index contributed by atoms with van der Waals surface area (Å²) in [7, 11) is 0. The highest BCUT2D eigenvalue weighted by atomic mass is 35.5. The lowest BCUT2D eigenvalue weighted by molar-refractivity contribution is 0.289. The van der Waals surface area contributed by atoms with Gasteiger partial charge in [-0.05, 0) is 18.6 Å². The molecule has 0 bridgehead atoms. The van der Waals surface area contributed by atoms with Gasteiger partial charge in [-0.3, -0.25) is 4.90 Å². The number of hydrogen-bond acceptors (Lipinski definition) is 4. The van der Waals surface area contributed by atoms with Crippen LogP contribution in [0.15, 0.2) is 12.3 Å². The van der Waals surface area contributed by atoms with E-state index >= 15 is 0 Å². The van der Waals surface area contributed by atoms with E-state index in [0.717, 1.165) is 42.1 Å². The third kappa shape index (κ3) is 3.52. The van der Waals surface area contributed by atoms with E-state index in [1.54, 1.807) is 0 Å². The summed E-state index contributed by atoms with van der Waals surface area (Å²) in [5, 5.41) is 0. The number of nitrogens with zero attached hydrogens (tertiary/aromatic N) is 4. The second kappa shape index (κ2) is 6.99. The lowest BCUT2D eigenvalue weighted by Gasteiger charge is -2.26. The first kappa shape index (κ1) is 15.1. The van der Waals surface area contributed by atoms with Crippen molar-refractivity contribution in [3.8, 4) is 0 Å². The van der Waals surface area contributed by atoms with E-state index in [0.29, 0.717) is 5.88 Å². The largest absolute Gasteiger partial charge is 0.311 e. The summed E-state index contributed by atoms with van der Waals surface area (Å²) in [6, 6.07) is 2.11. The molecular formula is C15H21ClN4S. The number of rotatable bonds is 5. The fraction of sp³-hybridized carbons (Fsp3) is 0.600. The number of alkyl halides is 1. The van der Waals surface area contributed by atoms with Crippen molar-refractivity contribution in [2.24, 2.45) is 0 Å². The predicted molar refractivity (Wildman–Crippen MR) is 90.5 cm³/mol. The molecule has 2 aromatic heterocycles. The van der Waals surface area contributed by atoms with Gasteiger partial charge in [-0.25, -0.2) is 9.97 Å². The van der Waals surface area contributed by atoms with Gasteiger partial charge in [0, 0.05) is 56.2 Å². The van der Waals surface area contributed by atoms with Crippen LogP contribution in [0.3, 0.4) is 0 Å². The lowest BCUT2D eigenvalue weighted by atomic mass is 10.3. The second-order valence-electron chi connectivity index (χ2n) is 5.43.